The molecule has 0 aliphatic carbocycles. The van der Waals surface area contributed by atoms with Crippen molar-refractivity contribution in [3.8, 4) is 0 Å². The van der Waals surface area contributed by atoms with Crippen molar-refractivity contribution in [3.63, 3.8) is 0 Å². The molecule has 0 bridgehead atoms. The van der Waals surface area contributed by atoms with Crippen molar-refractivity contribution in [3.05, 3.63) is 65.7 Å². The van der Waals surface area contributed by atoms with E-state index in [0.29, 0.717) is 0 Å². The first kappa shape index (κ1) is 11.6. The Kier molecular flexibility index (Phi) is 3.02. The van der Waals surface area contributed by atoms with E-state index in [9.17, 15) is 4.21 Å². The molecule has 0 spiro atoms. The van der Waals surface area contributed by atoms with Crippen molar-refractivity contribution in [1.82, 2.24) is 0 Å². The first-order chi connectivity index (χ1) is 8.75. The zero-order valence-electron chi connectivity index (χ0n) is 10.1. The van der Waals surface area contributed by atoms with E-state index in [4.69, 9.17) is 4.74 Å². The predicted molar refractivity (Wildman–Crippen MR) is 71.6 cm³/mol. The fourth-order valence-electron chi connectivity index (χ4n) is 1.95. The van der Waals surface area contributed by atoms with Gasteiger partial charge in [-0.3, -0.25) is 4.21 Å². The van der Waals surface area contributed by atoms with Gasteiger partial charge in [-0.1, -0.05) is 48.0 Å². The molecule has 3 heteroatoms. The fourth-order valence-corrected chi connectivity index (χ4v) is 3.22. The Morgan fingerprint density at radius 3 is 2.33 bits per heavy atom. The Balaban J connectivity index is 1.75. The van der Waals surface area contributed by atoms with Gasteiger partial charge in [0.1, 0.15) is 6.10 Å². The highest BCUT2D eigenvalue weighted by Crippen LogP contribution is 2.42. The highest BCUT2D eigenvalue weighted by atomic mass is 32.2. The van der Waals surface area contributed by atoms with Crippen LogP contribution >= 0.6 is 0 Å². The highest BCUT2D eigenvalue weighted by Gasteiger charge is 2.45. The minimum Gasteiger partial charge on any atom is -0.350 e. The summed E-state index contributed by atoms with van der Waals surface area (Å²) in [5.74, 6) is 0. The lowest BCUT2D eigenvalue weighted by atomic mass is 10.2. The Bertz CT molecular complexity index is 563. The molecule has 2 aromatic rings. The van der Waals surface area contributed by atoms with Crippen LogP contribution in [0, 0.1) is 6.92 Å². The Labute approximate surface area is 109 Å². The van der Waals surface area contributed by atoms with Gasteiger partial charge in [0.2, 0.25) is 0 Å². The van der Waals surface area contributed by atoms with Gasteiger partial charge in [0.05, 0.1) is 10.8 Å². The van der Waals surface area contributed by atoms with Crippen molar-refractivity contribution < 1.29 is 8.95 Å². The molecule has 3 atom stereocenters. The number of epoxide rings is 1. The standard InChI is InChI=1S/C15H14O2S/c1-11-7-9-13(10-8-11)18(16)15-14(17-15)12-5-3-2-4-6-12/h2-10,14-15H,1H3/t14-,15+,18+/m0/s1. The summed E-state index contributed by atoms with van der Waals surface area (Å²) in [5, 5.41) is 0. The summed E-state index contributed by atoms with van der Waals surface area (Å²) < 4.78 is 17.8. The maximum absolute atomic E-state index is 12.3. The summed E-state index contributed by atoms with van der Waals surface area (Å²) in [6.45, 7) is 2.02. The fraction of sp³-hybridized carbons (Fsp3) is 0.200. The molecule has 1 aliphatic rings. The van der Waals surface area contributed by atoms with Crippen LogP contribution in [0.15, 0.2) is 59.5 Å². The first-order valence-corrected chi connectivity index (χ1v) is 7.14. The molecule has 1 fully saturated rings. The molecule has 92 valence electrons. The lowest BCUT2D eigenvalue weighted by molar-refractivity contribution is 0.403. The van der Waals surface area contributed by atoms with Crippen molar-refractivity contribution in [1.29, 1.82) is 0 Å². The molecule has 2 aromatic carbocycles. The highest BCUT2D eigenvalue weighted by molar-refractivity contribution is 7.85. The van der Waals surface area contributed by atoms with Gasteiger partial charge in [-0.15, -0.1) is 0 Å². The third kappa shape index (κ3) is 2.24. The largest absolute Gasteiger partial charge is 0.350 e. The number of hydrogen-bond donors (Lipinski definition) is 0. The Morgan fingerprint density at radius 2 is 1.67 bits per heavy atom. The number of aryl methyl sites for hydroxylation is 1. The van der Waals surface area contributed by atoms with Gasteiger partial charge in [-0.25, -0.2) is 0 Å². The average molecular weight is 258 g/mol. The summed E-state index contributed by atoms with van der Waals surface area (Å²) in [7, 11) is -1.09. The summed E-state index contributed by atoms with van der Waals surface area (Å²) in [6.07, 6.45) is -0.0201. The van der Waals surface area contributed by atoms with E-state index >= 15 is 0 Å². The molecule has 0 unspecified atom stereocenters. The summed E-state index contributed by atoms with van der Waals surface area (Å²) in [4.78, 5) is 0.837. The maximum atomic E-state index is 12.3. The van der Waals surface area contributed by atoms with Crippen molar-refractivity contribution in [2.45, 2.75) is 23.4 Å². The quantitative estimate of drug-likeness (QED) is 0.791. The van der Waals surface area contributed by atoms with Crippen LogP contribution in [0.2, 0.25) is 0 Å². The monoisotopic (exact) mass is 258 g/mol. The molecule has 0 N–H and O–H groups in total. The van der Waals surface area contributed by atoms with E-state index < -0.39 is 10.8 Å². The van der Waals surface area contributed by atoms with E-state index in [1.54, 1.807) is 0 Å². The molecular weight excluding hydrogens is 244 g/mol. The van der Waals surface area contributed by atoms with Gasteiger partial charge in [-0.2, -0.15) is 0 Å². The minimum atomic E-state index is -1.09. The number of ether oxygens (including phenoxy) is 1. The molecule has 1 saturated heterocycles. The molecule has 0 radical (unpaired) electrons. The third-order valence-corrected chi connectivity index (χ3v) is 4.56. The van der Waals surface area contributed by atoms with Gasteiger partial charge >= 0.3 is 0 Å². The van der Waals surface area contributed by atoms with Crippen LogP contribution in [-0.2, 0) is 15.5 Å². The smallest absolute Gasteiger partial charge is 0.168 e. The second-order valence-electron chi connectivity index (χ2n) is 4.45. The van der Waals surface area contributed by atoms with Gasteiger partial charge in [0, 0.05) is 4.90 Å². The zero-order chi connectivity index (χ0) is 12.5. The van der Waals surface area contributed by atoms with Crippen LogP contribution in [0.5, 0.6) is 0 Å². The van der Waals surface area contributed by atoms with E-state index in [1.165, 1.54) is 5.56 Å². The van der Waals surface area contributed by atoms with Crippen LogP contribution in [0.25, 0.3) is 0 Å². The Hall–Kier alpha value is -1.45. The molecule has 0 saturated carbocycles. The number of hydrogen-bond acceptors (Lipinski definition) is 2. The van der Waals surface area contributed by atoms with E-state index in [1.807, 2.05) is 61.5 Å². The molecular formula is C15H14O2S. The average Bonchev–Trinajstić information content (AvgIpc) is 3.20. The second-order valence-corrected chi connectivity index (χ2v) is 5.98. The van der Waals surface area contributed by atoms with Gasteiger partial charge in [0.25, 0.3) is 0 Å². The van der Waals surface area contributed by atoms with Gasteiger partial charge in [0.15, 0.2) is 5.44 Å². The Morgan fingerprint density at radius 1 is 1.00 bits per heavy atom. The third-order valence-electron chi connectivity index (χ3n) is 3.04. The molecule has 1 aliphatic heterocycles. The molecule has 2 nitrogen and oxygen atoms in total. The van der Waals surface area contributed by atoms with Crippen molar-refractivity contribution >= 4 is 10.8 Å². The molecule has 0 amide bonds. The van der Waals surface area contributed by atoms with Crippen LogP contribution in [0.1, 0.15) is 17.2 Å². The predicted octanol–water partition coefficient (Wildman–Crippen LogP) is 3.20. The molecule has 3 rings (SSSR count). The number of benzene rings is 2. The summed E-state index contributed by atoms with van der Waals surface area (Å²) in [5.41, 5.74) is 2.07. The van der Waals surface area contributed by atoms with Crippen LogP contribution < -0.4 is 0 Å². The van der Waals surface area contributed by atoms with Crippen LogP contribution in [-0.4, -0.2) is 9.64 Å². The molecule has 0 aromatic heterocycles. The molecule has 18 heavy (non-hydrogen) atoms. The topological polar surface area (TPSA) is 29.6 Å². The maximum Gasteiger partial charge on any atom is 0.168 e. The summed E-state index contributed by atoms with van der Waals surface area (Å²) in [6, 6.07) is 17.7. The lowest BCUT2D eigenvalue weighted by Gasteiger charge is -1.99. The SMILES string of the molecule is Cc1ccc([S@@](=O)[C@H]2O[C@H]2c2ccccc2)cc1. The summed E-state index contributed by atoms with van der Waals surface area (Å²) >= 11 is 0. The second kappa shape index (κ2) is 4.67. The van der Waals surface area contributed by atoms with E-state index in [2.05, 4.69) is 0 Å². The van der Waals surface area contributed by atoms with Gasteiger partial charge < -0.3 is 4.74 Å². The number of rotatable bonds is 3. The lowest BCUT2D eigenvalue weighted by Crippen LogP contribution is -2.00. The molecule has 1 heterocycles. The van der Waals surface area contributed by atoms with Crippen LogP contribution in [0.4, 0.5) is 0 Å². The normalized spacial score (nSPS) is 23.6. The van der Waals surface area contributed by atoms with Crippen molar-refractivity contribution in [2.75, 3.05) is 0 Å². The van der Waals surface area contributed by atoms with Crippen molar-refractivity contribution in [2.24, 2.45) is 0 Å². The van der Waals surface area contributed by atoms with E-state index in [0.717, 1.165) is 10.5 Å². The van der Waals surface area contributed by atoms with E-state index in [-0.39, 0.29) is 11.5 Å². The first-order valence-electron chi connectivity index (χ1n) is 5.93. The van der Waals surface area contributed by atoms with Crippen LogP contribution in [0.3, 0.4) is 0 Å². The van der Waals surface area contributed by atoms with Gasteiger partial charge in [-0.05, 0) is 24.6 Å². The minimum absolute atomic E-state index is 0.0201. The zero-order valence-corrected chi connectivity index (χ0v) is 10.9.